The number of anilines is 1. The number of nitrogens with zero attached hydrogens (tertiary/aromatic N) is 2. The Labute approximate surface area is 154 Å². The van der Waals surface area contributed by atoms with Crippen molar-refractivity contribution in [1.82, 2.24) is 9.55 Å². The van der Waals surface area contributed by atoms with Crippen LogP contribution in [0.2, 0.25) is 0 Å². The molecule has 26 heavy (non-hydrogen) atoms. The molecule has 0 atom stereocenters. The number of fused-ring (bicyclic) bond motifs is 1. The minimum atomic E-state index is -0.898. The molecular weight excluding hydrogens is 326 g/mol. The summed E-state index contributed by atoms with van der Waals surface area (Å²) in [4.78, 5) is 17.3. The lowest BCUT2D eigenvalue weighted by molar-refractivity contribution is -0.119. The zero-order valence-corrected chi connectivity index (χ0v) is 16.0. The number of amides is 1. The average Bonchev–Trinajstić information content (AvgIpc) is 2.80. The molecule has 2 aliphatic carbocycles. The number of hydrogen-bond acceptors (Lipinski definition) is 3. The molecule has 140 valence electrons. The number of aromatic nitrogens is 2. The summed E-state index contributed by atoms with van der Waals surface area (Å²) in [5.74, 6) is 0.719. The highest BCUT2D eigenvalue weighted by molar-refractivity contribution is 5.92. The number of benzene rings is 1. The fourth-order valence-electron chi connectivity index (χ4n) is 4.09. The van der Waals surface area contributed by atoms with E-state index in [4.69, 9.17) is 4.98 Å². The maximum atomic E-state index is 12.6. The van der Waals surface area contributed by atoms with Gasteiger partial charge in [-0.05, 0) is 69.1 Å². The highest BCUT2D eigenvalue weighted by atomic mass is 16.3. The van der Waals surface area contributed by atoms with Crippen molar-refractivity contribution < 1.29 is 9.90 Å². The smallest absolute Gasteiger partial charge is 0.227 e. The lowest BCUT2D eigenvalue weighted by Gasteiger charge is -2.37. The zero-order valence-electron chi connectivity index (χ0n) is 16.0. The predicted molar refractivity (Wildman–Crippen MR) is 103 cm³/mol. The number of carbonyl (C=O) groups is 1. The molecule has 0 bridgehead atoms. The molecule has 0 saturated heterocycles. The molecule has 0 unspecified atom stereocenters. The predicted octanol–water partition coefficient (Wildman–Crippen LogP) is 4.51. The molecule has 1 aromatic carbocycles. The van der Waals surface area contributed by atoms with Gasteiger partial charge >= 0.3 is 0 Å². The fourth-order valence-corrected chi connectivity index (χ4v) is 4.09. The first kappa shape index (κ1) is 17.5. The molecular formula is C21H29N3O2. The van der Waals surface area contributed by atoms with E-state index in [1.807, 2.05) is 18.2 Å². The van der Waals surface area contributed by atoms with Gasteiger partial charge in [0.1, 0.15) is 0 Å². The average molecular weight is 355 g/mol. The third kappa shape index (κ3) is 3.13. The Balaban J connectivity index is 1.68. The molecule has 0 spiro atoms. The van der Waals surface area contributed by atoms with Crippen LogP contribution in [0.1, 0.15) is 77.3 Å². The van der Waals surface area contributed by atoms with E-state index in [1.165, 1.54) is 12.8 Å². The minimum absolute atomic E-state index is 0.0609. The van der Waals surface area contributed by atoms with Crippen molar-refractivity contribution in [1.29, 1.82) is 0 Å². The Kier molecular flexibility index (Phi) is 4.10. The van der Waals surface area contributed by atoms with Crippen LogP contribution in [0.3, 0.4) is 0 Å². The number of aliphatic hydroxyl groups is 1. The van der Waals surface area contributed by atoms with Gasteiger partial charge in [-0.25, -0.2) is 4.98 Å². The van der Waals surface area contributed by atoms with Crippen molar-refractivity contribution in [3.05, 3.63) is 23.8 Å². The molecule has 1 aromatic heterocycles. The van der Waals surface area contributed by atoms with Gasteiger partial charge in [0, 0.05) is 12.5 Å². The molecule has 1 heterocycles. The summed E-state index contributed by atoms with van der Waals surface area (Å²) in [6.07, 6.45) is 7.49. The third-order valence-electron chi connectivity index (χ3n) is 6.24. The molecule has 4 rings (SSSR count). The topological polar surface area (TPSA) is 67.2 Å². The normalized spacial score (nSPS) is 19.8. The Bertz CT molecular complexity index is 839. The van der Waals surface area contributed by atoms with Crippen LogP contribution in [0.5, 0.6) is 0 Å². The van der Waals surface area contributed by atoms with E-state index >= 15 is 0 Å². The molecule has 0 radical (unpaired) electrons. The van der Waals surface area contributed by atoms with Crippen LogP contribution in [0.15, 0.2) is 18.2 Å². The van der Waals surface area contributed by atoms with E-state index in [9.17, 15) is 9.90 Å². The van der Waals surface area contributed by atoms with Gasteiger partial charge in [-0.15, -0.1) is 0 Å². The lowest BCUT2D eigenvalue weighted by atomic mass is 9.68. The summed E-state index contributed by atoms with van der Waals surface area (Å²) in [5, 5.41) is 13.4. The van der Waals surface area contributed by atoms with E-state index in [0.29, 0.717) is 18.4 Å². The van der Waals surface area contributed by atoms with Crippen LogP contribution < -0.4 is 5.32 Å². The number of nitrogens with one attached hydrogen (secondary N) is 1. The van der Waals surface area contributed by atoms with Gasteiger partial charge in [-0.2, -0.15) is 0 Å². The van der Waals surface area contributed by atoms with Crippen LogP contribution in [0, 0.1) is 5.41 Å². The molecule has 0 aliphatic heterocycles. The minimum Gasteiger partial charge on any atom is -0.386 e. The van der Waals surface area contributed by atoms with Gasteiger partial charge in [0.2, 0.25) is 11.9 Å². The molecule has 5 heteroatoms. The van der Waals surface area contributed by atoms with Crippen molar-refractivity contribution in [2.24, 2.45) is 5.41 Å². The molecule has 1 amide bonds. The van der Waals surface area contributed by atoms with Crippen LogP contribution in [-0.4, -0.2) is 20.6 Å². The van der Waals surface area contributed by atoms with Gasteiger partial charge in [0.05, 0.1) is 16.6 Å². The number of carbonyl (C=O) groups excluding carboxylic acids is 1. The molecule has 2 N–H and O–H groups in total. The summed E-state index contributed by atoms with van der Waals surface area (Å²) >= 11 is 0. The van der Waals surface area contributed by atoms with Crippen LogP contribution >= 0.6 is 0 Å². The Morgan fingerprint density at radius 3 is 2.62 bits per heavy atom. The summed E-state index contributed by atoms with van der Waals surface area (Å²) < 4.78 is 2.18. The Morgan fingerprint density at radius 1 is 1.35 bits per heavy atom. The molecule has 5 nitrogen and oxygen atoms in total. The maximum absolute atomic E-state index is 12.6. The first-order valence-electron chi connectivity index (χ1n) is 9.80. The van der Waals surface area contributed by atoms with E-state index in [-0.39, 0.29) is 11.3 Å². The van der Waals surface area contributed by atoms with Crippen molar-refractivity contribution in [2.45, 2.75) is 77.4 Å². The molecule has 2 saturated carbocycles. The fraction of sp³-hybridized carbons (Fsp3) is 0.619. The van der Waals surface area contributed by atoms with Gasteiger partial charge in [0.25, 0.3) is 0 Å². The van der Waals surface area contributed by atoms with E-state index in [2.05, 4.69) is 16.8 Å². The first-order chi connectivity index (χ1) is 12.3. The Morgan fingerprint density at radius 2 is 2.08 bits per heavy atom. The number of imidazole rings is 1. The quantitative estimate of drug-likeness (QED) is 0.829. The van der Waals surface area contributed by atoms with E-state index in [1.54, 1.807) is 13.8 Å². The zero-order chi connectivity index (χ0) is 18.5. The summed E-state index contributed by atoms with van der Waals surface area (Å²) in [6.45, 7) is 5.78. The molecule has 2 fully saturated rings. The summed E-state index contributed by atoms with van der Waals surface area (Å²) in [6, 6.07) is 6.26. The standard InChI is InChI=1S/C21H29N3O2/c1-20(2,26)14-8-9-16-17(12-14)24(15-6-4-7-15)19(22-16)23-18(25)13-21(3)10-5-11-21/h8-9,12,15,26H,4-7,10-11,13H2,1-3H3,(H,22,23,25). The summed E-state index contributed by atoms with van der Waals surface area (Å²) in [7, 11) is 0. The first-order valence-corrected chi connectivity index (χ1v) is 9.80. The van der Waals surface area contributed by atoms with Crippen molar-refractivity contribution in [3.8, 4) is 0 Å². The van der Waals surface area contributed by atoms with Crippen molar-refractivity contribution in [2.75, 3.05) is 5.32 Å². The number of hydrogen-bond donors (Lipinski definition) is 2. The molecule has 2 aliphatic rings. The van der Waals surface area contributed by atoms with E-state index in [0.717, 1.165) is 42.3 Å². The van der Waals surface area contributed by atoms with Crippen LogP contribution in [0.4, 0.5) is 5.95 Å². The van der Waals surface area contributed by atoms with Crippen LogP contribution in [0.25, 0.3) is 11.0 Å². The lowest BCUT2D eigenvalue weighted by Crippen LogP contribution is -2.31. The Hall–Kier alpha value is -1.88. The van der Waals surface area contributed by atoms with Crippen molar-refractivity contribution >= 4 is 22.9 Å². The van der Waals surface area contributed by atoms with Gasteiger partial charge in [-0.3, -0.25) is 10.1 Å². The van der Waals surface area contributed by atoms with Gasteiger partial charge in [-0.1, -0.05) is 19.4 Å². The largest absolute Gasteiger partial charge is 0.386 e. The highest BCUT2D eigenvalue weighted by Crippen LogP contribution is 2.43. The second-order valence-corrected chi connectivity index (χ2v) is 9.04. The van der Waals surface area contributed by atoms with Gasteiger partial charge < -0.3 is 9.67 Å². The van der Waals surface area contributed by atoms with E-state index < -0.39 is 5.60 Å². The second kappa shape index (κ2) is 6.08. The SMILES string of the molecule is CC1(CC(=O)Nc2nc3ccc(C(C)(C)O)cc3n2C2CCC2)CCC1. The summed E-state index contributed by atoms with van der Waals surface area (Å²) in [5.41, 5.74) is 2.00. The van der Waals surface area contributed by atoms with Crippen molar-refractivity contribution in [3.63, 3.8) is 0 Å². The molecule has 2 aromatic rings. The third-order valence-corrected chi connectivity index (χ3v) is 6.24. The van der Waals surface area contributed by atoms with Crippen LogP contribution in [-0.2, 0) is 10.4 Å². The maximum Gasteiger partial charge on any atom is 0.227 e. The van der Waals surface area contributed by atoms with Gasteiger partial charge in [0.15, 0.2) is 0 Å². The second-order valence-electron chi connectivity index (χ2n) is 9.04. The number of rotatable bonds is 5. The monoisotopic (exact) mass is 355 g/mol. The highest BCUT2D eigenvalue weighted by Gasteiger charge is 2.34.